The first kappa shape index (κ1) is 20.9. The van der Waals surface area contributed by atoms with Gasteiger partial charge in [-0.25, -0.2) is 10.5 Å². The van der Waals surface area contributed by atoms with Crippen LogP contribution in [-0.4, -0.2) is 33.3 Å². The Bertz CT molecular complexity index is 806. The number of nitrogens with zero attached hydrogens (tertiary/aromatic N) is 2. The molecule has 1 aromatic carbocycles. The van der Waals surface area contributed by atoms with E-state index in [1.807, 2.05) is 18.2 Å². The predicted molar refractivity (Wildman–Crippen MR) is 110 cm³/mol. The molecule has 146 valence electrons. The second-order valence-electron chi connectivity index (χ2n) is 6.76. The zero-order chi connectivity index (χ0) is 19.6. The lowest BCUT2D eigenvalue weighted by Crippen LogP contribution is -2.27. The summed E-state index contributed by atoms with van der Waals surface area (Å²) in [5.74, 6) is 0.523. The van der Waals surface area contributed by atoms with Crippen LogP contribution in [0.15, 0.2) is 36.4 Å². The molecule has 0 unspecified atom stereocenters. The number of imidazole rings is 1. The van der Waals surface area contributed by atoms with Gasteiger partial charge in [-0.2, -0.15) is 0 Å². The minimum Gasteiger partial charge on any atom is -0.327 e. The second-order valence-corrected chi connectivity index (χ2v) is 6.76. The molecule has 1 amide bonds. The van der Waals surface area contributed by atoms with Crippen LogP contribution in [0.2, 0.25) is 0 Å². The largest absolute Gasteiger partial charge is 0.327 e. The first-order chi connectivity index (χ1) is 13.0. The number of hydrogen-bond acceptors (Lipinski definition) is 4. The Labute approximate surface area is 160 Å². The molecule has 27 heavy (non-hydrogen) atoms. The number of aromatic nitrogens is 2. The minimum atomic E-state index is -0.552. The summed E-state index contributed by atoms with van der Waals surface area (Å²) in [4.78, 5) is 16.0. The molecule has 2 aromatic rings. The van der Waals surface area contributed by atoms with Gasteiger partial charge in [-0.05, 0) is 36.6 Å². The van der Waals surface area contributed by atoms with Crippen LogP contribution >= 0.6 is 0 Å². The standard InChI is InChI=1S/C21H30N4O2/c1-4-5-6-7-8-20-23-18-15-17(10-12-21(26)24-27)9-11-19(18)25(20)14-13-22-16(2)3/h5-6,9-12,15-16,22,27H,4,7-8,13-14H2,1-3H3,(H,24,26)/b6-5-,12-10+. The average molecular weight is 370 g/mol. The van der Waals surface area contributed by atoms with Gasteiger partial charge >= 0.3 is 0 Å². The van der Waals surface area contributed by atoms with Crippen LogP contribution in [0, 0.1) is 0 Å². The number of fused-ring (bicyclic) bond motifs is 1. The molecule has 0 atom stereocenters. The van der Waals surface area contributed by atoms with Gasteiger partial charge in [0, 0.05) is 31.6 Å². The third-order valence-corrected chi connectivity index (χ3v) is 4.21. The average Bonchev–Trinajstić information content (AvgIpc) is 2.99. The van der Waals surface area contributed by atoms with Gasteiger partial charge in [0.15, 0.2) is 0 Å². The Hall–Kier alpha value is -2.44. The summed E-state index contributed by atoms with van der Waals surface area (Å²) in [5, 5.41) is 12.0. The highest BCUT2D eigenvalue weighted by Gasteiger charge is 2.10. The van der Waals surface area contributed by atoms with E-state index in [9.17, 15) is 4.79 Å². The van der Waals surface area contributed by atoms with Gasteiger partial charge in [0.1, 0.15) is 5.82 Å². The Morgan fingerprint density at radius 2 is 2.15 bits per heavy atom. The molecule has 0 fully saturated rings. The smallest absolute Gasteiger partial charge is 0.267 e. The molecule has 0 aliphatic heterocycles. The number of nitrogens with one attached hydrogen (secondary N) is 2. The molecule has 0 saturated heterocycles. The van der Waals surface area contributed by atoms with Crippen molar-refractivity contribution in [3.8, 4) is 0 Å². The summed E-state index contributed by atoms with van der Waals surface area (Å²) < 4.78 is 2.28. The molecular formula is C21H30N4O2. The third kappa shape index (κ3) is 6.34. The number of allylic oxidation sites excluding steroid dienone is 2. The third-order valence-electron chi connectivity index (χ3n) is 4.21. The maximum Gasteiger partial charge on any atom is 0.267 e. The van der Waals surface area contributed by atoms with Gasteiger partial charge in [0.05, 0.1) is 11.0 Å². The molecule has 0 aliphatic carbocycles. The first-order valence-electron chi connectivity index (χ1n) is 9.54. The van der Waals surface area contributed by atoms with E-state index in [2.05, 4.69) is 42.8 Å². The molecule has 0 spiro atoms. The number of amides is 1. The molecule has 6 heteroatoms. The van der Waals surface area contributed by atoms with E-state index in [1.165, 1.54) is 6.08 Å². The van der Waals surface area contributed by atoms with E-state index in [-0.39, 0.29) is 0 Å². The molecule has 0 bridgehead atoms. The zero-order valence-electron chi connectivity index (χ0n) is 16.4. The van der Waals surface area contributed by atoms with Crippen LogP contribution in [-0.2, 0) is 17.8 Å². The van der Waals surface area contributed by atoms with Crippen LogP contribution in [0.25, 0.3) is 17.1 Å². The second kappa shape index (κ2) is 10.6. The van der Waals surface area contributed by atoms with Gasteiger partial charge in [-0.3, -0.25) is 10.0 Å². The molecule has 0 radical (unpaired) electrons. The fourth-order valence-corrected chi connectivity index (χ4v) is 2.91. The SMILES string of the molecule is CC/C=C\CCc1nc2cc(/C=C/C(=O)NO)ccc2n1CCNC(C)C. The highest BCUT2D eigenvalue weighted by atomic mass is 16.5. The highest BCUT2D eigenvalue weighted by Crippen LogP contribution is 2.20. The van der Waals surface area contributed by atoms with E-state index in [4.69, 9.17) is 10.2 Å². The molecule has 6 nitrogen and oxygen atoms in total. The minimum absolute atomic E-state index is 0.449. The monoisotopic (exact) mass is 370 g/mol. The lowest BCUT2D eigenvalue weighted by Gasteiger charge is -2.12. The highest BCUT2D eigenvalue weighted by molar-refractivity contribution is 5.91. The summed E-state index contributed by atoms with van der Waals surface area (Å²) in [6.07, 6.45) is 10.3. The van der Waals surface area contributed by atoms with Crippen molar-refractivity contribution in [2.45, 2.75) is 52.6 Å². The van der Waals surface area contributed by atoms with E-state index in [0.717, 1.165) is 54.8 Å². The molecule has 0 aliphatic rings. The maximum atomic E-state index is 11.2. The van der Waals surface area contributed by atoms with Crippen LogP contribution in [0.5, 0.6) is 0 Å². The molecular weight excluding hydrogens is 340 g/mol. The van der Waals surface area contributed by atoms with Crippen molar-refractivity contribution in [3.63, 3.8) is 0 Å². The van der Waals surface area contributed by atoms with Crippen molar-refractivity contribution in [2.75, 3.05) is 6.54 Å². The number of hydrogen-bond donors (Lipinski definition) is 3. The molecule has 1 aromatic heterocycles. The normalized spacial score (nSPS) is 12.0. The Morgan fingerprint density at radius 1 is 1.33 bits per heavy atom. The maximum absolute atomic E-state index is 11.2. The van der Waals surface area contributed by atoms with E-state index in [1.54, 1.807) is 11.6 Å². The Morgan fingerprint density at radius 3 is 2.85 bits per heavy atom. The van der Waals surface area contributed by atoms with Crippen molar-refractivity contribution in [1.82, 2.24) is 20.3 Å². The van der Waals surface area contributed by atoms with Crippen molar-refractivity contribution in [3.05, 3.63) is 47.8 Å². The van der Waals surface area contributed by atoms with Crippen LogP contribution in [0.3, 0.4) is 0 Å². The molecule has 0 saturated carbocycles. The van der Waals surface area contributed by atoms with E-state index < -0.39 is 5.91 Å². The van der Waals surface area contributed by atoms with E-state index in [0.29, 0.717) is 6.04 Å². The number of rotatable bonds is 10. The topological polar surface area (TPSA) is 79.2 Å². The quantitative estimate of drug-likeness (QED) is 0.259. The summed E-state index contributed by atoms with van der Waals surface area (Å²) in [7, 11) is 0. The van der Waals surface area contributed by atoms with Crippen molar-refractivity contribution >= 4 is 23.0 Å². The lowest BCUT2D eigenvalue weighted by molar-refractivity contribution is -0.124. The number of carbonyl (C=O) groups is 1. The van der Waals surface area contributed by atoms with Gasteiger partial charge in [0.25, 0.3) is 5.91 Å². The molecule has 3 N–H and O–H groups in total. The summed E-state index contributed by atoms with van der Waals surface area (Å²) in [6.45, 7) is 8.17. The van der Waals surface area contributed by atoms with Crippen LogP contribution in [0.4, 0.5) is 0 Å². The Kier molecular flexibility index (Phi) is 8.23. The van der Waals surface area contributed by atoms with Crippen LogP contribution in [0.1, 0.15) is 45.0 Å². The summed E-state index contributed by atoms with van der Waals surface area (Å²) >= 11 is 0. The van der Waals surface area contributed by atoms with Crippen molar-refractivity contribution in [1.29, 1.82) is 0 Å². The van der Waals surface area contributed by atoms with E-state index >= 15 is 0 Å². The van der Waals surface area contributed by atoms with Gasteiger partial charge in [-0.1, -0.05) is 39.0 Å². The fraction of sp³-hybridized carbons (Fsp3) is 0.429. The van der Waals surface area contributed by atoms with Crippen molar-refractivity contribution in [2.24, 2.45) is 0 Å². The molecule has 2 rings (SSSR count). The van der Waals surface area contributed by atoms with Crippen LogP contribution < -0.4 is 10.8 Å². The predicted octanol–water partition coefficient (Wildman–Crippen LogP) is 3.45. The van der Waals surface area contributed by atoms with Crippen molar-refractivity contribution < 1.29 is 10.0 Å². The number of aryl methyl sites for hydroxylation is 1. The zero-order valence-corrected chi connectivity index (χ0v) is 16.4. The van der Waals surface area contributed by atoms with Gasteiger partial charge in [-0.15, -0.1) is 0 Å². The first-order valence-corrected chi connectivity index (χ1v) is 9.54. The number of benzene rings is 1. The number of carbonyl (C=O) groups excluding carboxylic acids is 1. The fourth-order valence-electron chi connectivity index (χ4n) is 2.91. The summed E-state index contributed by atoms with van der Waals surface area (Å²) in [6, 6.07) is 6.41. The van der Waals surface area contributed by atoms with Gasteiger partial charge < -0.3 is 9.88 Å². The lowest BCUT2D eigenvalue weighted by atomic mass is 10.2. The number of hydroxylamine groups is 1. The van der Waals surface area contributed by atoms with Gasteiger partial charge in [0.2, 0.25) is 0 Å². The molecule has 1 heterocycles. The summed E-state index contributed by atoms with van der Waals surface area (Å²) in [5.41, 5.74) is 4.47. The Balaban J connectivity index is 2.27.